The Morgan fingerprint density at radius 3 is 2.88 bits per heavy atom. The molecule has 92 valence electrons. The Balaban J connectivity index is 2.52. The molecule has 2 rings (SSSR count). The standard InChI is InChI=1S/C12H19N5/c1-4-7-16(5-2)12-11-14-6-8-17(11)9-10(13-3)15-12/h6,8-9,13H,4-5,7H2,1-3H3. The van der Waals surface area contributed by atoms with Crippen molar-refractivity contribution in [1.29, 1.82) is 0 Å². The van der Waals surface area contributed by atoms with Crippen LogP contribution in [0, 0.1) is 0 Å². The van der Waals surface area contributed by atoms with E-state index in [0.29, 0.717) is 0 Å². The highest BCUT2D eigenvalue weighted by molar-refractivity contribution is 5.66. The van der Waals surface area contributed by atoms with Gasteiger partial charge in [-0.25, -0.2) is 9.97 Å². The Hall–Kier alpha value is -1.78. The van der Waals surface area contributed by atoms with Crippen LogP contribution in [0.15, 0.2) is 18.6 Å². The molecule has 0 spiro atoms. The molecule has 0 atom stereocenters. The third kappa shape index (κ3) is 2.18. The fourth-order valence-electron chi connectivity index (χ4n) is 1.93. The zero-order valence-corrected chi connectivity index (χ0v) is 10.6. The lowest BCUT2D eigenvalue weighted by molar-refractivity contribution is 0.778. The molecular weight excluding hydrogens is 214 g/mol. The second kappa shape index (κ2) is 5.03. The minimum absolute atomic E-state index is 0.861. The first-order valence-electron chi connectivity index (χ1n) is 6.06. The summed E-state index contributed by atoms with van der Waals surface area (Å²) in [6.07, 6.45) is 6.80. The molecule has 0 aromatic carbocycles. The molecule has 0 bridgehead atoms. The van der Waals surface area contributed by atoms with Gasteiger partial charge in [-0.15, -0.1) is 0 Å². The highest BCUT2D eigenvalue weighted by atomic mass is 15.2. The van der Waals surface area contributed by atoms with Crippen molar-refractivity contribution < 1.29 is 0 Å². The Bertz CT molecular complexity index is 491. The van der Waals surface area contributed by atoms with Crippen molar-refractivity contribution in [3.63, 3.8) is 0 Å². The molecule has 0 fully saturated rings. The van der Waals surface area contributed by atoms with Crippen LogP contribution in [0.2, 0.25) is 0 Å². The highest BCUT2D eigenvalue weighted by Crippen LogP contribution is 2.20. The van der Waals surface area contributed by atoms with Gasteiger partial charge >= 0.3 is 0 Å². The first-order chi connectivity index (χ1) is 8.30. The SMILES string of the molecule is CCCN(CC)c1nc(NC)cn2ccnc12. The maximum absolute atomic E-state index is 4.61. The van der Waals surface area contributed by atoms with Crippen molar-refractivity contribution in [3.05, 3.63) is 18.6 Å². The van der Waals surface area contributed by atoms with E-state index in [1.54, 1.807) is 6.20 Å². The van der Waals surface area contributed by atoms with Crippen molar-refractivity contribution in [3.8, 4) is 0 Å². The molecule has 0 radical (unpaired) electrons. The molecule has 0 unspecified atom stereocenters. The molecular formula is C12H19N5. The average molecular weight is 233 g/mol. The van der Waals surface area contributed by atoms with Gasteiger partial charge in [-0.05, 0) is 13.3 Å². The maximum Gasteiger partial charge on any atom is 0.180 e. The van der Waals surface area contributed by atoms with Crippen LogP contribution in [0.1, 0.15) is 20.3 Å². The Kier molecular flexibility index (Phi) is 3.46. The molecule has 0 aliphatic rings. The molecule has 0 amide bonds. The lowest BCUT2D eigenvalue weighted by Crippen LogP contribution is -2.25. The quantitative estimate of drug-likeness (QED) is 0.858. The van der Waals surface area contributed by atoms with Gasteiger partial charge in [0.05, 0.1) is 6.20 Å². The number of nitrogens with one attached hydrogen (secondary N) is 1. The summed E-state index contributed by atoms with van der Waals surface area (Å²) in [6.45, 7) is 6.26. The van der Waals surface area contributed by atoms with Crippen molar-refractivity contribution in [2.75, 3.05) is 30.4 Å². The molecule has 5 heteroatoms. The lowest BCUT2D eigenvalue weighted by atomic mass is 10.4. The topological polar surface area (TPSA) is 45.5 Å². The second-order valence-corrected chi connectivity index (χ2v) is 3.94. The predicted octanol–water partition coefficient (Wildman–Crippen LogP) is 2.01. The first kappa shape index (κ1) is 11.7. The first-order valence-corrected chi connectivity index (χ1v) is 6.06. The number of fused-ring (bicyclic) bond motifs is 1. The number of rotatable bonds is 5. The number of nitrogens with zero attached hydrogens (tertiary/aromatic N) is 4. The third-order valence-corrected chi connectivity index (χ3v) is 2.79. The van der Waals surface area contributed by atoms with Gasteiger partial charge in [0.15, 0.2) is 11.5 Å². The van der Waals surface area contributed by atoms with Gasteiger partial charge in [0.25, 0.3) is 0 Å². The molecule has 2 aromatic rings. The third-order valence-electron chi connectivity index (χ3n) is 2.79. The average Bonchev–Trinajstić information content (AvgIpc) is 2.82. The Labute approximate surface area is 101 Å². The number of imidazole rings is 1. The van der Waals surface area contributed by atoms with E-state index in [-0.39, 0.29) is 0 Å². The molecule has 0 saturated carbocycles. The van der Waals surface area contributed by atoms with Crippen LogP contribution in [0.4, 0.5) is 11.6 Å². The second-order valence-electron chi connectivity index (χ2n) is 3.94. The summed E-state index contributed by atoms with van der Waals surface area (Å²) in [5.41, 5.74) is 0.916. The number of hydrogen-bond donors (Lipinski definition) is 1. The van der Waals surface area contributed by atoms with E-state index in [2.05, 4.69) is 34.0 Å². The van der Waals surface area contributed by atoms with E-state index in [0.717, 1.165) is 36.8 Å². The predicted molar refractivity (Wildman–Crippen MR) is 70.7 cm³/mol. The molecule has 1 N–H and O–H groups in total. The summed E-state index contributed by atoms with van der Waals surface area (Å²) >= 11 is 0. The Morgan fingerprint density at radius 2 is 2.24 bits per heavy atom. The van der Waals surface area contributed by atoms with E-state index >= 15 is 0 Å². The molecule has 0 aliphatic carbocycles. The number of anilines is 2. The summed E-state index contributed by atoms with van der Waals surface area (Å²) < 4.78 is 2.01. The summed E-state index contributed by atoms with van der Waals surface area (Å²) in [5, 5.41) is 3.08. The van der Waals surface area contributed by atoms with E-state index in [1.165, 1.54) is 0 Å². The van der Waals surface area contributed by atoms with Crippen LogP contribution in [0.5, 0.6) is 0 Å². The van der Waals surface area contributed by atoms with Crippen LogP contribution >= 0.6 is 0 Å². The fourth-order valence-corrected chi connectivity index (χ4v) is 1.93. The lowest BCUT2D eigenvalue weighted by Gasteiger charge is -2.22. The van der Waals surface area contributed by atoms with E-state index in [1.807, 2.05) is 23.8 Å². The van der Waals surface area contributed by atoms with E-state index < -0.39 is 0 Å². The highest BCUT2D eigenvalue weighted by Gasteiger charge is 2.12. The Morgan fingerprint density at radius 1 is 1.41 bits per heavy atom. The normalized spacial score (nSPS) is 10.8. The minimum Gasteiger partial charge on any atom is -0.372 e. The molecule has 0 aliphatic heterocycles. The number of hydrogen-bond acceptors (Lipinski definition) is 4. The zero-order chi connectivity index (χ0) is 12.3. The van der Waals surface area contributed by atoms with Gasteiger partial charge < -0.3 is 14.6 Å². The maximum atomic E-state index is 4.61. The molecule has 2 heterocycles. The van der Waals surface area contributed by atoms with Gasteiger partial charge in [-0.2, -0.15) is 0 Å². The van der Waals surface area contributed by atoms with Crippen molar-refractivity contribution in [2.24, 2.45) is 0 Å². The van der Waals surface area contributed by atoms with Crippen LogP contribution in [-0.4, -0.2) is 34.5 Å². The minimum atomic E-state index is 0.861. The van der Waals surface area contributed by atoms with Gasteiger partial charge in [-0.1, -0.05) is 6.92 Å². The van der Waals surface area contributed by atoms with Crippen molar-refractivity contribution in [1.82, 2.24) is 14.4 Å². The zero-order valence-electron chi connectivity index (χ0n) is 10.6. The van der Waals surface area contributed by atoms with Crippen LogP contribution in [0.3, 0.4) is 0 Å². The fraction of sp³-hybridized carbons (Fsp3) is 0.500. The molecule has 5 nitrogen and oxygen atoms in total. The van der Waals surface area contributed by atoms with Gasteiger partial charge in [0.1, 0.15) is 5.82 Å². The summed E-state index contributed by atoms with van der Waals surface area (Å²) in [5.74, 6) is 1.81. The van der Waals surface area contributed by atoms with Crippen LogP contribution in [0.25, 0.3) is 5.65 Å². The van der Waals surface area contributed by atoms with Gasteiger partial charge in [-0.3, -0.25) is 0 Å². The van der Waals surface area contributed by atoms with E-state index in [4.69, 9.17) is 0 Å². The molecule has 2 aromatic heterocycles. The van der Waals surface area contributed by atoms with Gasteiger partial charge in [0, 0.05) is 32.5 Å². The van der Waals surface area contributed by atoms with Crippen LogP contribution < -0.4 is 10.2 Å². The summed E-state index contributed by atoms with van der Waals surface area (Å²) in [6, 6.07) is 0. The summed E-state index contributed by atoms with van der Waals surface area (Å²) in [7, 11) is 1.88. The monoisotopic (exact) mass is 233 g/mol. The number of aromatic nitrogens is 3. The largest absolute Gasteiger partial charge is 0.372 e. The molecule has 17 heavy (non-hydrogen) atoms. The molecule has 0 saturated heterocycles. The summed E-state index contributed by atoms with van der Waals surface area (Å²) in [4.78, 5) is 11.2. The van der Waals surface area contributed by atoms with Crippen molar-refractivity contribution >= 4 is 17.3 Å². The van der Waals surface area contributed by atoms with E-state index in [9.17, 15) is 0 Å². The van der Waals surface area contributed by atoms with Crippen LogP contribution in [-0.2, 0) is 0 Å². The van der Waals surface area contributed by atoms with Gasteiger partial charge in [0.2, 0.25) is 0 Å². The smallest absolute Gasteiger partial charge is 0.180 e. The van der Waals surface area contributed by atoms with Crippen molar-refractivity contribution in [2.45, 2.75) is 20.3 Å².